The van der Waals surface area contributed by atoms with Gasteiger partial charge < -0.3 is 14.9 Å². The van der Waals surface area contributed by atoms with E-state index in [4.69, 9.17) is 4.74 Å². The van der Waals surface area contributed by atoms with Gasteiger partial charge in [-0.2, -0.15) is 0 Å². The Labute approximate surface area is 168 Å². The van der Waals surface area contributed by atoms with E-state index >= 15 is 0 Å². The van der Waals surface area contributed by atoms with Gasteiger partial charge in [0, 0.05) is 0 Å². The van der Waals surface area contributed by atoms with Gasteiger partial charge in [-0.25, -0.2) is 4.39 Å². The van der Waals surface area contributed by atoms with Crippen LogP contribution in [0.2, 0.25) is 0 Å². The van der Waals surface area contributed by atoms with Crippen LogP contribution in [0.15, 0.2) is 91.0 Å². The number of hydrogen-bond donors (Lipinski definition) is 2. The van der Waals surface area contributed by atoms with E-state index in [9.17, 15) is 14.6 Å². The van der Waals surface area contributed by atoms with Gasteiger partial charge in [0.25, 0.3) is 0 Å². The minimum Gasteiger partial charge on any atom is -0.508 e. The Morgan fingerprint density at radius 1 is 0.586 bits per heavy atom. The van der Waals surface area contributed by atoms with Crippen LogP contribution < -0.4 is 4.74 Å². The molecule has 0 aliphatic rings. The molecular weight excluding hydrogens is 367 g/mol. The van der Waals surface area contributed by atoms with Crippen LogP contribution in [0.25, 0.3) is 22.3 Å². The van der Waals surface area contributed by atoms with Crippen molar-refractivity contribution in [1.82, 2.24) is 0 Å². The highest BCUT2D eigenvalue weighted by molar-refractivity contribution is 5.65. The Morgan fingerprint density at radius 2 is 1.03 bits per heavy atom. The van der Waals surface area contributed by atoms with Crippen molar-refractivity contribution < 1.29 is 19.3 Å². The Kier molecular flexibility index (Phi) is 5.16. The highest BCUT2D eigenvalue weighted by Gasteiger charge is 2.07. The number of phenols is 2. The molecule has 0 saturated heterocycles. The molecule has 4 rings (SSSR count). The molecule has 4 heteroatoms. The second kappa shape index (κ2) is 8.07. The summed E-state index contributed by atoms with van der Waals surface area (Å²) >= 11 is 0. The van der Waals surface area contributed by atoms with Crippen molar-refractivity contribution in [3.05, 3.63) is 102 Å². The quantitative estimate of drug-likeness (QED) is 0.432. The molecule has 0 saturated carbocycles. The lowest BCUT2D eigenvalue weighted by Gasteiger charge is -2.10. The summed E-state index contributed by atoms with van der Waals surface area (Å²) in [7, 11) is 0. The number of halogens is 1. The van der Waals surface area contributed by atoms with Gasteiger partial charge in [-0.3, -0.25) is 0 Å². The number of phenolic OH excluding ortho intramolecular Hbond substituents is 2. The number of ether oxygens (including phenoxy) is 1. The lowest BCUT2D eigenvalue weighted by atomic mass is 10.0. The van der Waals surface area contributed by atoms with E-state index in [1.54, 1.807) is 48.5 Å². The van der Waals surface area contributed by atoms with E-state index in [1.165, 1.54) is 6.07 Å². The van der Waals surface area contributed by atoms with Crippen LogP contribution >= 0.6 is 0 Å². The molecule has 0 heterocycles. The molecule has 0 spiro atoms. The molecule has 4 aromatic carbocycles. The fourth-order valence-corrected chi connectivity index (χ4v) is 3.06. The Morgan fingerprint density at radius 3 is 1.55 bits per heavy atom. The molecular formula is C25H19FO3. The maximum atomic E-state index is 14.4. The summed E-state index contributed by atoms with van der Waals surface area (Å²) in [4.78, 5) is 0. The molecule has 3 nitrogen and oxygen atoms in total. The third-order valence-corrected chi connectivity index (χ3v) is 4.68. The van der Waals surface area contributed by atoms with Crippen LogP contribution in [0, 0.1) is 5.82 Å². The Hall–Kier alpha value is -3.79. The minimum absolute atomic E-state index is 0.172. The Balaban J connectivity index is 1.43. The second-order valence-electron chi connectivity index (χ2n) is 6.72. The van der Waals surface area contributed by atoms with Crippen molar-refractivity contribution in [2.45, 2.75) is 6.61 Å². The number of rotatable bonds is 5. The average molecular weight is 386 g/mol. The zero-order valence-corrected chi connectivity index (χ0v) is 15.5. The van der Waals surface area contributed by atoms with Gasteiger partial charge in [0.05, 0.1) is 0 Å². The Bertz CT molecular complexity index is 1100. The number of hydrogen-bond acceptors (Lipinski definition) is 3. The molecule has 4 aromatic rings. The van der Waals surface area contributed by atoms with Gasteiger partial charge in [0.15, 0.2) is 11.6 Å². The molecule has 2 N–H and O–H groups in total. The highest BCUT2D eigenvalue weighted by atomic mass is 19.1. The fourth-order valence-electron chi connectivity index (χ4n) is 3.06. The van der Waals surface area contributed by atoms with Crippen molar-refractivity contribution in [3.8, 4) is 39.5 Å². The first-order valence-corrected chi connectivity index (χ1v) is 9.18. The topological polar surface area (TPSA) is 49.7 Å². The molecule has 0 aliphatic carbocycles. The number of benzene rings is 4. The zero-order chi connectivity index (χ0) is 20.2. The predicted octanol–water partition coefficient (Wildman–Crippen LogP) is 6.15. The van der Waals surface area contributed by atoms with Crippen molar-refractivity contribution >= 4 is 0 Å². The fraction of sp³-hybridized carbons (Fsp3) is 0.0400. The second-order valence-corrected chi connectivity index (χ2v) is 6.72. The van der Waals surface area contributed by atoms with Crippen LogP contribution in [-0.2, 0) is 6.61 Å². The maximum Gasteiger partial charge on any atom is 0.165 e. The molecule has 0 aromatic heterocycles. The van der Waals surface area contributed by atoms with Gasteiger partial charge in [0.2, 0.25) is 0 Å². The molecule has 144 valence electrons. The molecule has 0 atom stereocenters. The first kappa shape index (κ1) is 18.6. The monoisotopic (exact) mass is 386 g/mol. The van der Waals surface area contributed by atoms with Gasteiger partial charge in [-0.1, -0.05) is 54.6 Å². The molecule has 0 amide bonds. The van der Waals surface area contributed by atoms with Crippen LogP contribution in [-0.4, -0.2) is 10.2 Å². The molecule has 0 bridgehead atoms. The molecule has 0 unspecified atom stereocenters. The van der Waals surface area contributed by atoms with Gasteiger partial charge in [-0.05, 0) is 64.2 Å². The van der Waals surface area contributed by atoms with E-state index in [1.807, 2.05) is 36.4 Å². The third-order valence-electron chi connectivity index (χ3n) is 4.68. The number of aromatic hydroxyl groups is 2. The van der Waals surface area contributed by atoms with Gasteiger partial charge >= 0.3 is 0 Å². The molecule has 29 heavy (non-hydrogen) atoms. The summed E-state index contributed by atoms with van der Waals surface area (Å²) in [5.41, 5.74) is 4.49. The lowest BCUT2D eigenvalue weighted by Crippen LogP contribution is -1.97. The SMILES string of the molecule is Oc1ccc(-c2ccc(COc3ccc(-c4ccc(O)cc4)cc3F)cc2)cc1. The van der Waals surface area contributed by atoms with Crippen molar-refractivity contribution in [3.63, 3.8) is 0 Å². The first-order valence-electron chi connectivity index (χ1n) is 9.18. The summed E-state index contributed by atoms with van der Waals surface area (Å²) in [6.07, 6.45) is 0. The molecule has 0 fully saturated rings. The molecule has 0 aliphatic heterocycles. The van der Waals surface area contributed by atoms with Crippen molar-refractivity contribution in [1.29, 1.82) is 0 Å². The highest BCUT2D eigenvalue weighted by Crippen LogP contribution is 2.28. The summed E-state index contributed by atoms with van der Waals surface area (Å²) in [5, 5.41) is 18.8. The standard InChI is InChI=1S/C25H19FO3/c26-24-15-21(20-7-12-23(28)13-8-20)9-14-25(24)29-16-17-1-3-18(4-2-17)19-5-10-22(27)11-6-19/h1-15,27-28H,16H2. The van der Waals surface area contributed by atoms with E-state index in [0.29, 0.717) is 5.56 Å². The average Bonchev–Trinajstić information content (AvgIpc) is 2.74. The third kappa shape index (κ3) is 4.38. The van der Waals surface area contributed by atoms with Crippen LogP contribution in [0.4, 0.5) is 4.39 Å². The predicted molar refractivity (Wildman–Crippen MR) is 111 cm³/mol. The van der Waals surface area contributed by atoms with Gasteiger partial charge in [-0.15, -0.1) is 0 Å². The lowest BCUT2D eigenvalue weighted by molar-refractivity contribution is 0.290. The van der Waals surface area contributed by atoms with Crippen LogP contribution in [0.3, 0.4) is 0 Å². The minimum atomic E-state index is -0.434. The van der Waals surface area contributed by atoms with E-state index in [0.717, 1.165) is 22.3 Å². The first-order chi connectivity index (χ1) is 14.1. The maximum absolute atomic E-state index is 14.4. The van der Waals surface area contributed by atoms with E-state index in [-0.39, 0.29) is 23.9 Å². The van der Waals surface area contributed by atoms with Gasteiger partial charge in [0.1, 0.15) is 18.1 Å². The summed E-state index contributed by atoms with van der Waals surface area (Å²) < 4.78 is 20.1. The normalized spacial score (nSPS) is 10.7. The summed E-state index contributed by atoms with van der Waals surface area (Å²) in [5.74, 6) is 0.161. The van der Waals surface area contributed by atoms with Crippen LogP contribution in [0.1, 0.15) is 5.56 Å². The summed E-state index contributed by atoms with van der Waals surface area (Å²) in [6, 6.07) is 26.3. The van der Waals surface area contributed by atoms with Crippen molar-refractivity contribution in [2.75, 3.05) is 0 Å². The largest absolute Gasteiger partial charge is 0.508 e. The van der Waals surface area contributed by atoms with Crippen molar-refractivity contribution in [2.24, 2.45) is 0 Å². The molecule has 0 radical (unpaired) electrons. The zero-order valence-electron chi connectivity index (χ0n) is 15.5. The summed E-state index contributed by atoms with van der Waals surface area (Å²) in [6.45, 7) is 0.255. The van der Waals surface area contributed by atoms with Crippen LogP contribution in [0.5, 0.6) is 17.2 Å². The van der Waals surface area contributed by atoms with E-state index < -0.39 is 5.82 Å². The smallest absolute Gasteiger partial charge is 0.165 e. The van der Waals surface area contributed by atoms with E-state index in [2.05, 4.69) is 0 Å².